The third-order valence-corrected chi connectivity index (χ3v) is 5.85. The molecular weight excluding hydrogens is 610 g/mol. The van der Waals surface area contributed by atoms with Crippen molar-refractivity contribution in [3.63, 3.8) is 0 Å². The van der Waals surface area contributed by atoms with Crippen molar-refractivity contribution in [1.82, 2.24) is 0 Å². The number of carboxylic acid groups (broad SMARTS) is 1. The van der Waals surface area contributed by atoms with E-state index in [0.717, 1.165) is 28.4 Å². The summed E-state index contributed by atoms with van der Waals surface area (Å²) in [5.41, 5.74) is 1.58. The molecule has 0 aromatic heterocycles. The molecule has 0 spiro atoms. The summed E-state index contributed by atoms with van der Waals surface area (Å²) in [6, 6.07) is 1.92. The number of nitrogens with zero attached hydrogens (tertiary/aromatic N) is 1. The molecular formula is C12H9I3NNaO3. The van der Waals surface area contributed by atoms with E-state index in [4.69, 9.17) is 0 Å². The van der Waals surface area contributed by atoms with Crippen LogP contribution in [0, 0.1) is 10.7 Å². The maximum absolute atomic E-state index is 11.9. The molecule has 1 aliphatic heterocycles. The normalized spacial score (nSPS) is 14.3. The summed E-state index contributed by atoms with van der Waals surface area (Å²) in [5, 5.41) is 10.9. The number of carbonyl (C=O) groups is 2. The van der Waals surface area contributed by atoms with Gasteiger partial charge in [-0.1, -0.05) is 0 Å². The molecule has 20 heavy (non-hydrogen) atoms. The van der Waals surface area contributed by atoms with Crippen LogP contribution >= 0.6 is 67.8 Å². The zero-order chi connectivity index (χ0) is 14.2. The molecule has 1 amide bonds. The fraction of sp³-hybridized carbons (Fsp3) is 0.333. The second-order valence-electron chi connectivity index (χ2n) is 4.18. The molecule has 0 atom stereocenters. The Morgan fingerprint density at radius 3 is 2.45 bits per heavy atom. The number of halogens is 3. The molecule has 0 N–H and O–H groups in total. The van der Waals surface area contributed by atoms with Gasteiger partial charge in [-0.25, -0.2) is 0 Å². The molecule has 0 saturated carbocycles. The summed E-state index contributed by atoms with van der Waals surface area (Å²) < 4.78 is 2.71. The molecule has 1 aromatic carbocycles. The van der Waals surface area contributed by atoms with E-state index < -0.39 is 5.97 Å². The summed E-state index contributed by atoms with van der Waals surface area (Å²) in [6.07, 6.45) is 1.29. The third-order valence-electron chi connectivity index (χ3n) is 2.91. The average molecular weight is 619 g/mol. The Morgan fingerprint density at radius 1 is 1.30 bits per heavy atom. The van der Waals surface area contributed by atoms with E-state index in [2.05, 4.69) is 67.8 Å². The smallest absolute Gasteiger partial charge is 0.550 e. The van der Waals surface area contributed by atoms with Gasteiger partial charge >= 0.3 is 29.6 Å². The number of amides is 1. The molecule has 0 bridgehead atoms. The number of carbonyl (C=O) groups excluding carboxylic acids is 2. The number of benzene rings is 1. The number of rotatable bonds is 3. The largest absolute Gasteiger partial charge is 1.00 e. The van der Waals surface area contributed by atoms with Crippen molar-refractivity contribution in [2.45, 2.75) is 19.3 Å². The Balaban J connectivity index is 0.00000200. The fourth-order valence-corrected chi connectivity index (χ4v) is 6.39. The van der Waals surface area contributed by atoms with Crippen LogP contribution in [0.3, 0.4) is 0 Å². The summed E-state index contributed by atoms with van der Waals surface area (Å²) in [7, 11) is 0. The number of aliphatic carboxylic acids is 1. The zero-order valence-corrected chi connectivity index (χ0v) is 19.2. The van der Waals surface area contributed by atoms with E-state index in [1.165, 1.54) is 0 Å². The van der Waals surface area contributed by atoms with Crippen molar-refractivity contribution >= 4 is 85.3 Å². The van der Waals surface area contributed by atoms with E-state index in [1.54, 1.807) is 4.90 Å². The number of hydrogen-bond donors (Lipinski definition) is 0. The molecule has 2 rings (SSSR count). The van der Waals surface area contributed by atoms with Gasteiger partial charge in [0.2, 0.25) is 5.91 Å². The quantitative estimate of drug-likeness (QED) is 0.320. The topological polar surface area (TPSA) is 60.4 Å². The van der Waals surface area contributed by atoms with Gasteiger partial charge in [-0.05, 0) is 85.8 Å². The minimum absolute atomic E-state index is 0. The van der Waals surface area contributed by atoms with Crippen LogP contribution in [0.2, 0.25) is 0 Å². The van der Waals surface area contributed by atoms with Crippen molar-refractivity contribution in [2.24, 2.45) is 0 Å². The van der Waals surface area contributed by atoms with E-state index >= 15 is 0 Å². The molecule has 0 unspecified atom stereocenters. The zero-order valence-electron chi connectivity index (χ0n) is 10.7. The van der Waals surface area contributed by atoms with E-state index in [9.17, 15) is 14.7 Å². The molecule has 0 aliphatic carbocycles. The second kappa shape index (κ2) is 8.27. The van der Waals surface area contributed by atoms with Gasteiger partial charge in [0.05, 0.1) is 5.69 Å². The van der Waals surface area contributed by atoms with Gasteiger partial charge in [0, 0.05) is 36.1 Å². The third kappa shape index (κ3) is 4.21. The predicted molar refractivity (Wildman–Crippen MR) is 94.9 cm³/mol. The van der Waals surface area contributed by atoms with Gasteiger partial charge in [0.15, 0.2) is 0 Å². The van der Waals surface area contributed by atoms with Gasteiger partial charge in [-0.3, -0.25) is 4.79 Å². The predicted octanol–water partition coefficient (Wildman–Crippen LogP) is -1.08. The van der Waals surface area contributed by atoms with Gasteiger partial charge in [0.1, 0.15) is 0 Å². The van der Waals surface area contributed by atoms with Gasteiger partial charge in [-0.2, -0.15) is 0 Å². The minimum Gasteiger partial charge on any atom is -0.550 e. The molecule has 102 valence electrons. The standard InChI is InChI=1S/C12H10I3NO3.Na/c13-7-5-8(14)12(16-3-1-2-9(16)17)11(15)6(7)4-10(18)19;/h5H,1-4H2,(H,18,19);/q;+1/p-1. The monoisotopic (exact) mass is 619 g/mol. The Labute approximate surface area is 180 Å². The Morgan fingerprint density at radius 2 is 1.95 bits per heavy atom. The van der Waals surface area contributed by atoms with E-state index in [1.807, 2.05) is 6.07 Å². The molecule has 1 aliphatic rings. The van der Waals surface area contributed by atoms with Crippen molar-refractivity contribution in [3.05, 3.63) is 22.3 Å². The average Bonchev–Trinajstić information content (AvgIpc) is 2.71. The van der Waals surface area contributed by atoms with Crippen LogP contribution < -0.4 is 39.6 Å². The molecule has 0 radical (unpaired) electrons. The Bertz CT molecular complexity index is 565. The minimum atomic E-state index is -1.10. The van der Waals surface area contributed by atoms with Crippen LogP contribution in [0.25, 0.3) is 0 Å². The number of carboxylic acids is 1. The molecule has 1 saturated heterocycles. The van der Waals surface area contributed by atoms with Crippen LogP contribution in [0.5, 0.6) is 0 Å². The van der Waals surface area contributed by atoms with E-state index in [-0.39, 0.29) is 41.9 Å². The fourth-order valence-electron chi connectivity index (χ4n) is 2.06. The van der Waals surface area contributed by atoms with Crippen molar-refractivity contribution in [1.29, 1.82) is 0 Å². The number of anilines is 1. The first-order valence-corrected chi connectivity index (χ1v) is 8.82. The SMILES string of the molecule is O=C([O-])Cc1c(I)cc(I)c(N2CCCC2=O)c1I.[Na+]. The van der Waals surface area contributed by atoms with Crippen LogP contribution in [0.15, 0.2) is 6.07 Å². The summed E-state index contributed by atoms with van der Waals surface area (Å²) in [4.78, 5) is 24.5. The Hall–Kier alpha value is 1.35. The Kier molecular flexibility index (Phi) is 8.02. The van der Waals surface area contributed by atoms with Gasteiger partial charge < -0.3 is 14.8 Å². The summed E-state index contributed by atoms with van der Waals surface area (Å²) in [5.74, 6) is -0.993. The first-order chi connectivity index (χ1) is 8.91. The van der Waals surface area contributed by atoms with Crippen LogP contribution in [-0.4, -0.2) is 18.4 Å². The van der Waals surface area contributed by atoms with Crippen LogP contribution in [0.1, 0.15) is 18.4 Å². The van der Waals surface area contributed by atoms with Gasteiger partial charge in [-0.15, -0.1) is 0 Å². The molecule has 8 heteroatoms. The van der Waals surface area contributed by atoms with Crippen LogP contribution in [-0.2, 0) is 16.0 Å². The van der Waals surface area contributed by atoms with Crippen molar-refractivity contribution < 1.29 is 44.3 Å². The molecule has 1 aromatic rings. The first kappa shape index (κ1) is 19.4. The van der Waals surface area contributed by atoms with E-state index in [0.29, 0.717) is 13.0 Å². The second-order valence-corrected chi connectivity index (χ2v) is 7.58. The molecule has 1 heterocycles. The first-order valence-electron chi connectivity index (χ1n) is 5.58. The van der Waals surface area contributed by atoms with Gasteiger partial charge in [0.25, 0.3) is 0 Å². The van der Waals surface area contributed by atoms with Crippen molar-refractivity contribution in [2.75, 3.05) is 11.4 Å². The maximum Gasteiger partial charge on any atom is 1.00 e. The van der Waals surface area contributed by atoms with Crippen LogP contribution in [0.4, 0.5) is 5.69 Å². The van der Waals surface area contributed by atoms with Crippen molar-refractivity contribution in [3.8, 4) is 0 Å². The maximum atomic E-state index is 11.9. The number of hydrogen-bond acceptors (Lipinski definition) is 3. The summed E-state index contributed by atoms with van der Waals surface area (Å²) >= 11 is 6.45. The summed E-state index contributed by atoms with van der Waals surface area (Å²) in [6.45, 7) is 0.705. The molecule has 1 fully saturated rings. The molecule has 4 nitrogen and oxygen atoms in total.